The van der Waals surface area contributed by atoms with E-state index in [1.54, 1.807) is 6.07 Å². The molecule has 162 valence electrons. The molecule has 0 saturated carbocycles. The van der Waals surface area contributed by atoms with Crippen LogP contribution in [0.4, 0.5) is 0 Å². The first-order valence-electron chi connectivity index (χ1n) is 10.5. The average molecular weight is 423 g/mol. The Bertz CT molecular complexity index is 986. The Hall–Kier alpha value is -3.35. The van der Waals surface area contributed by atoms with Crippen molar-refractivity contribution in [3.05, 3.63) is 59.2 Å². The van der Waals surface area contributed by atoms with Crippen LogP contribution in [0.1, 0.15) is 40.7 Å². The number of amides is 1. The van der Waals surface area contributed by atoms with E-state index < -0.39 is 18.5 Å². The molecule has 1 aliphatic heterocycles. The van der Waals surface area contributed by atoms with Crippen LogP contribution in [0.25, 0.3) is 0 Å². The molecule has 2 aromatic carbocycles. The van der Waals surface area contributed by atoms with E-state index in [0.29, 0.717) is 23.7 Å². The number of carbonyl (C=O) groups is 3. The molecule has 31 heavy (non-hydrogen) atoms. The van der Waals surface area contributed by atoms with Crippen molar-refractivity contribution in [1.82, 2.24) is 5.32 Å². The largest absolute Gasteiger partial charge is 0.486 e. The lowest BCUT2D eigenvalue weighted by Gasteiger charge is -2.26. The van der Waals surface area contributed by atoms with Gasteiger partial charge in [0, 0.05) is 12.0 Å². The summed E-state index contributed by atoms with van der Waals surface area (Å²) in [6.45, 7) is 0.166. The number of carbonyl (C=O) groups excluding carboxylic acids is 3. The van der Waals surface area contributed by atoms with Crippen molar-refractivity contribution < 1.29 is 28.6 Å². The Morgan fingerprint density at radius 3 is 2.68 bits per heavy atom. The van der Waals surface area contributed by atoms with Gasteiger partial charge in [0.1, 0.15) is 12.7 Å². The summed E-state index contributed by atoms with van der Waals surface area (Å²) in [7, 11) is 0. The molecule has 1 aliphatic carbocycles. The molecule has 2 aliphatic rings. The fourth-order valence-electron chi connectivity index (χ4n) is 3.77. The number of aryl methyl sites for hydroxylation is 2. The van der Waals surface area contributed by atoms with Crippen LogP contribution >= 0.6 is 0 Å². The maximum Gasteiger partial charge on any atom is 0.306 e. The summed E-state index contributed by atoms with van der Waals surface area (Å²) in [6.07, 6.45) is 2.86. The van der Waals surface area contributed by atoms with Crippen LogP contribution < -0.4 is 14.8 Å². The first kappa shape index (κ1) is 20.9. The van der Waals surface area contributed by atoms with Gasteiger partial charge in [-0.25, -0.2) is 0 Å². The van der Waals surface area contributed by atoms with E-state index in [1.807, 2.05) is 36.4 Å². The normalized spacial score (nSPS) is 16.3. The van der Waals surface area contributed by atoms with E-state index in [1.165, 1.54) is 11.1 Å². The second-order valence-electron chi connectivity index (χ2n) is 7.72. The number of para-hydroxylation sites is 2. The van der Waals surface area contributed by atoms with Gasteiger partial charge in [-0.05, 0) is 48.6 Å². The average Bonchev–Trinajstić information content (AvgIpc) is 3.27. The number of ketones is 1. The van der Waals surface area contributed by atoms with Crippen molar-refractivity contribution in [3.63, 3.8) is 0 Å². The summed E-state index contributed by atoms with van der Waals surface area (Å²) < 4.78 is 16.3. The topological polar surface area (TPSA) is 90.9 Å². The molecule has 7 nitrogen and oxygen atoms in total. The summed E-state index contributed by atoms with van der Waals surface area (Å²) in [5.74, 6) is 0.211. The maximum absolute atomic E-state index is 12.3. The molecule has 0 aromatic heterocycles. The van der Waals surface area contributed by atoms with Crippen LogP contribution in [0, 0.1) is 0 Å². The molecule has 7 heteroatoms. The summed E-state index contributed by atoms with van der Waals surface area (Å²) in [5.41, 5.74) is 3.15. The number of hydrogen-bond donors (Lipinski definition) is 1. The molecule has 2 aromatic rings. The summed E-state index contributed by atoms with van der Waals surface area (Å²) in [4.78, 5) is 36.2. The van der Waals surface area contributed by atoms with E-state index in [2.05, 4.69) is 5.32 Å². The van der Waals surface area contributed by atoms with Crippen molar-refractivity contribution in [2.75, 3.05) is 19.8 Å². The minimum absolute atomic E-state index is 0.0560. The lowest BCUT2D eigenvalue weighted by Crippen LogP contribution is -2.42. The second kappa shape index (κ2) is 9.64. The van der Waals surface area contributed by atoms with E-state index >= 15 is 0 Å². The van der Waals surface area contributed by atoms with E-state index in [-0.39, 0.29) is 31.3 Å². The van der Waals surface area contributed by atoms with Gasteiger partial charge in [-0.3, -0.25) is 14.4 Å². The highest BCUT2D eigenvalue weighted by atomic mass is 16.6. The predicted molar refractivity (Wildman–Crippen MR) is 112 cm³/mol. The minimum atomic E-state index is -0.573. The monoisotopic (exact) mass is 423 g/mol. The second-order valence-corrected chi connectivity index (χ2v) is 7.72. The van der Waals surface area contributed by atoms with Crippen molar-refractivity contribution in [2.24, 2.45) is 0 Å². The quantitative estimate of drug-likeness (QED) is 0.519. The lowest BCUT2D eigenvalue weighted by molar-refractivity contribution is -0.148. The number of Topliss-reactive ketones (excluding diaryl/α,β-unsaturated/α-hetero) is 1. The van der Waals surface area contributed by atoms with Crippen molar-refractivity contribution >= 4 is 17.7 Å². The fourth-order valence-corrected chi connectivity index (χ4v) is 3.77. The van der Waals surface area contributed by atoms with Gasteiger partial charge < -0.3 is 19.5 Å². The molecular weight excluding hydrogens is 398 g/mol. The van der Waals surface area contributed by atoms with Gasteiger partial charge in [-0.2, -0.15) is 0 Å². The number of ether oxygens (including phenoxy) is 3. The van der Waals surface area contributed by atoms with Crippen molar-refractivity contribution in [3.8, 4) is 11.5 Å². The highest BCUT2D eigenvalue weighted by Crippen LogP contribution is 2.30. The molecule has 0 unspecified atom stereocenters. The van der Waals surface area contributed by atoms with E-state index in [4.69, 9.17) is 14.2 Å². The Morgan fingerprint density at radius 2 is 1.81 bits per heavy atom. The fraction of sp³-hybridized carbons (Fsp3) is 0.375. The van der Waals surface area contributed by atoms with Gasteiger partial charge in [0.05, 0.1) is 13.0 Å². The van der Waals surface area contributed by atoms with Gasteiger partial charge in [0.2, 0.25) is 0 Å². The van der Waals surface area contributed by atoms with Crippen LogP contribution in [0.5, 0.6) is 11.5 Å². The molecule has 1 amide bonds. The highest BCUT2D eigenvalue weighted by molar-refractivity contribution is 5.98. The van der Waals surface area contributed by atoms with Gasteiger partial charge >= 0.3 is 5.97 Å². The Morgan fingerprint density at radius 1 is 1.00 bits per heavy atom. The Kier molecular flexibility index (Phi) is 6.50. The molecule has 0 saturated heterocycles. The van der Waals surface area contributed by atoms with Gasteiger partial charge in [0.25, 0.3) is 5.91 Å². The summed E-state index contributed by atoms with van der Waals surface area (Å²) >= 11 is 0. The van der Waals surface area contributed by atoms with Crippen molar-refractivity contribution in [1.29, 1.82) is 0 Å². The third-order valence-electron chi connectivity index (χ3n) is 5.44. The summed E-state index contributed by atoms with van der Waals surface area (Å²) in [5, 5.41) is 2.67. The third kappa shape index (κ3) is 5.42. The smallest absolute Gasteiger partial charge is 0.306 e. The SMILES string of the molecule is O=C(COC(=O)CCC(=O)c1ccc2c(c1)CCC2)NC[C@H]1COc2ccccc2O1. The molecule has 4 rings (SSSR count). The summed E-state index contributed by atoms with van der Waals surface area (Å²) in [6, 6.07) is 13.1. The first-order chi connectivity index (χ1) is 15.1. The first-order valence-corrected chi connectivity index (χ1v) is 10.5. The lowest BCUT2D eigenvalue weighted by atomic mass is 10.0. The van der Waals surface area contributed by atoms with Crippen LogP contribution in [0.3, 0.4) is 0 Å². The Labute approximate surface area is 180 Å². The predicted octanol–water partition coefficient (Wildman–Crippen LogP) is 2.64. The molecule has 0 spiro atoms. The van der Waals surface area contributed by atoms with Crippen LogP contribution in [-0.2, 0) is 27.2 Å². The Balaban J connectivity index is 1.14. The number of hydrogen-bond acceptors (Lipinski definition) is 6. The zero-order chi connectivity index (χ0) is 21.6. The number of benzene rings is 2. The molecule has 0 radical (unpaired) electrons. The van der Waals surface area contributed by atoms with Crippen LogP contribution in [0.2, 0.25) is 0 Å². The molecule has 1 atom stereocenters. The molecule has 0 bridgehead atoms. The highest BCUT2D eigenvalue weighted by Gasteiger charge is 2.21. The van der Waals surface area contributed by atoms with Crippen molar-refractivity contribution in [2.45, 2.75) is 38.2 Å². The molecule has 1 N–H and O–H groups in total. The van der Waals surface area contributed by atoms with E-state index in [0.717, 1.165) is 19.3 Å². The number of nitrogens with one attached hydrogen (secondary N) is 1. The number of fused-ring (bicyclic) bond motifs is 2. The zero-order valence-corrected chi connectivity index (χ0v) is 17.2. The number of rotatable bonds is 8. The standard InChI is InChI=1S/C24H25NO6/c26-20(18-9-8-16-4-3-5-17(16)12-18)10-11-24(28)30-15-23(27)25-13-19-14-29-21-6-1-2-7-22(21)31-19/h1-2,6-9,12,19H,3-5,10-11,13-15H2,(H,25,27)/t19-/m0/s1. The van der Waals surface area contributed by atoms with Gasteiger partial charge in [0.15, 0.2) is 23.9 Å². The molecule has 1 heterocycles. The molecular formula is C24H25NO6. The van der Waals surface area contributed by atoms with E-state index in [9.17, 15) is 14.4 Å². The zero-order valence-electron chi connectivity index (χ0n) is 17.2. The van der Waals surface area contributed by atoms with Crippen LogP contribution in [-0.4, -0.2) is 43.5 Å². The third-order valence-corrected chi connectivity index (χ3v) is 5.44. The van der Waals surface area contributed by atoms with Gasteiger partial charge in [-0.1, -0.05) is 24.3 Å². The van der Waals surface area contributed by atoms with Crippen LogP contribution in [0.15, 0.2) is 42.5 Å². The maximum atomic E-state index is 12.3. The molecule has 0 fully saturated rings. The minimum Gasteiger partial charge on any atom is -0.486 e. The van der Waals surface area contributed by atoms with Gasteiger partial charge in [-0.15, -0.1) is 0 Å². The number of esters is 1.